The van der Waals surface area contributed by atoms with Crippen LogP contribution in [0.5, 0.6) is 0 Å². The number of benzene rings is 1. The summed E-state index contributed by atoms with van der Waals surface area (Å²) in [5.41, 5.74) is 8.04. The lowest BCUT2D eigenvalue weighted by molar-refractivity contribution is 0.0922. The molecule has 4 heterocycles. The molecule has 0 bridgehead atoms. The van der Waals surface area contributed by atoms with E-state index in [9.17, 15) is 9.18 Å². The average molecular weight is 424 g/mol. The van der Waals surface area contributed by atoms with Crippen LogP contribution in [0.1, 0.15) is 22.8 Å². The van der Waals surface area contributed by atoms with Crippen molar-refractivity contribution < 1.29 is 13.6 Å². The quantitative estimate of drug-likeness (QED) is 0.380. The second kappa shape index (κ2) is 7.51. The van der Waals surface area contributed by atoms with Crippen LogP contribution in [0, 0.1) is 5.82 Å². The molecule has 0 aliphatic carbocycles. The van der Waals surface area contributed by atoms with Crippen LogP contribution in [0.2, 0.25) is 0 Å². The minimum atomic E-state index is -0.415. The van der Waals surface area contributed by atoms with Crippen LogP contribution >= 0.6 is 0 Å². The van der Waals surface area contributed by atoms with Crippen molar-refractivity contribution in [3.63, 3.8) is 0 Å². The van der Waals surface area contributed by atoms with Crippen LogP contribution in [0.3, 0.4) is 0 Å². The number of oxazole rings is 1. The summed E-state index contributed by atoms with van der Waals surface area (Å²) in [6.07, 6.45) is 3.36. The maximum atomic E-state index is 14.3. The molecule has 1 aliphatic rings. The number of fused-ring (bicyclic) bond motifs is 3. The van der Waals surface area contributed by atoms with Crippen LogP contribution in [0.4, 0.5) is 15.9 Å². The van der Waals surface area contributed by atoms with Gasteiger partial charge < -0.3 is 30.7 Å². The van der Waals surface area contributed by atoms with Gasteiger partial charge >= 0.3 is 0 Å². The third kappa shape index (κ3) is 3.42. The smallest absolute Gasteiger partial charge is 0.289 e. The Labute approximate surface area is 176 Å². The lowest BCUT2D eigenvalue weighted by Gasteiger charge is -2.19. The van der Waals surface area contributed by atoms with E-state index in [0.29, 0.717) is 34.9 Å². The summed E-state index contributed by atoms with van der Waals surface area (Å²) in [6, 6.07) is 2.94. The number of nitrogens with zero attached hydrogens (tertiary/aromatic N) is 4. The Morgan fingerprint density at radius 3 is 3.00 bits per heavy atom. The first-order valence-electron chi connectivity index (χ1n) is 9.90. The monoisotopic (exact) mass is 424 g/mol. The van der Waals surface area contributed by atoms with E-state index < -0.39 is 5.91 Å². The molecule has 1 aliphatic heterocycles. The van der Waals surface area contributed by atoms with Gasteiger partial charge in [-0.1, -0.05) is 0 Å². The van der Waals surface area contributed by atoms with Crippen LogP contribution in [-0.4, -0.2) is 52.0 Å². The van der Waals surface area contributed by atoms with Crippen molar-refractivity contribution in [1.29, 1.82) is 0 Å². The Hall–Kier alpha value is -3.73. The molecular weight excluding hydrogens is 403 g/mol. The Kier molecular flexibility index (Phi) is 4.66. The summed E-state index contributed by atoms with van der Waals surface area (Å²) >= 11 is 0. The number of aromatic amines is 1. The van der Waals surface area contributed by atoms with E-state index in [4.69, 9.17) is 15.1 Å². The Morgan fingerprint density at radius 2 is 2.29 bits per heavy atom. The zero-order valence-corrected chi connectivity index (χ0v) is 16.8. The fraction of sp³-hybridized carbons (Fsp3) is 0.300. The molecule has 4 aromatic rings. The first-order chi connectivity index (χ1) is 15.0. The van der Waals surface area contributed by atoms with Gasteiger partial charge in [-0.05, 0) is 18.6 Å². The van der Waals surface area contributed by atoms with Gasteiger partial charge in [0, 0.05) is 31.6 Å². The molecular formula is C20H21FN8O2. The molecule has 160 valence electrons. The van der Waals surface area contributed by atoms with E-state index in [1.165, 1.54) is 24.7 Å². The van der Waals surface area contributed by atoms with Gasteiger partial charge in [-0.15, -0.1) is 0 Å². The number of rotatable bonds is 5. The number of anilines is 2. The first-order valence-corrected chi connectivity index (χ1v) is 9.90. The minimum absolute atomic E-state index is 0.0365. The summed E-state index contributed by atoms with van der Waals surface area (Å²) in [5, 5.41) is 7.16. The van der Waals surface area contributed by atoms with Gasteiger partial charge in [-0.3, -0.25) is 4.79 Å². The number of amides is 1. The Morgan fingerprint density at radius 1 is 1.42 bits per heavy atom. The predicted octanol–water partition coefficient (Wildman–Crippen LogP) is 1.75. The second-order valence-electron chi connectivity index (χ2n) is 7.48. The van der Waals surface area contributed by atoms with Gasteiger partial charge in [0.05, 0.1) is 29.3 Å². The number of hydrogen-bond donors (Lipinski definition) is 4. The molecule has 5 rings (SSSR count). The summed E-state index contributed by atoms with van der Waals surface area (Å²) in [4.78, 5) is 30.6. The number of carbonyl (C=O) groups is 1. The predicted molar refractivity (Wildman–Crippen MR) is 113 cm³/mol. The summed E-state index contributed by atoms with van der Waals surface area (Å²) < 4.78 is 19.3. The van der Waals surface area contributed by atoms with Gasteiger partial charge in [0.2, 0.25) is 5.76 Å². The third-order valence-electron chi connectivity index (χ3n) is 5.41. The van der Waals surface area contributed by atoms with Gasteiger partial charge in [0.1, 0.15) is 17.3 Å². The molecule has 0 radical (unpaired) electrons. The number of nitrogens with two attached hydrogens (primary N) is 1. The zero-order chi connectivity index (χ0) is 21.5. The topological polar surface area (TPSA) is 138 Å². The molecule has 1 saturated heterocycles. The molecule has 3 aromatic heterocycles. The molecule has 10 nitrogen and oxygen atoms in total. The van der Waals surface area contributed by atoms with Crippen LogP contribution < -0.4 is 21.3 Å². The number of nitrogens with one attached hydrogen (secondary N) is 3. The summed E-state index contributed by atoms with van der Waals surface area (Å²) in [5.74, 6) is 0.411. The highest BCUT2D eigenvalue weighted by molar-refractivity contribution is 6.14. The highest BCUT2D eigenvalue weighted by Crippen LogP contribution is 2.36. The molecule has 5 N–H and O–H groups in total. The molecule has 0 saturated carbocycles. The largest absolute Gasteiger partial charge is 0.438 e. The standard InChI is InChI=1S/C20H21FN8O2/c1-23-13-5-10(21)4-12-16-18(28-17(12)13)26-15(7-25-20(30)14-6-24-9-31-14)27-19(16)29-3-2-11(22)8-29/h4-6,9,11,23H,2-3,7-8,22H2,1H3,(H,25,30)(H,26,27,28). The van der Waals surface area contributed by atoms with E-state index in [-0.39, 0.29) is 24.2 Å². The number of carbonyl (C=O) groups excluding carboxylic acids is 1. The molecule has 1 amide bonds. The molecule has 1 unspecified atom stereocenters. The highest BCUT2D eigenvalue weighted by Gasteiger charge is 2.26. The fourth-order valence-electron chi connectivity index (χ4n) is 3.95. The second-order valence-corrected chi connectivity index (χ2v) is 7.48. The van der Waals surface area contributed by atoms with E-state index in [1.54, 1.807) is 7.05 Å². The third-order valence-corrected chi connectivity index (χ3v) is 5.41. The number of aromatic nitrogens is 4. The van der Waals surface area contributed by atoms with Crippen molar-refractivity contribution in [2.75, 3.05) is 30.4 Å². The SMILES string of the molecule is CNc1cc(F)cc2c1[nH]c1nc(CNC(=O)c3cnco3)nc(N3CCC(N)C3)c12. The van der Waals surface area contributed by atoms with Crippen molar-refractivity contribution in [1.82, 2.24) is 25.3 Å². The lowest BCUT2D eigenvalue weighted by atomic mass is 10.1. The summed E-state index contributed by atoms with van der Waals surface area (Å²) in [6.45, 7) is 1.46. The fourth-order valence-corrected chi connectivity index (χ4v) is 3.95. The number of H-pyrrole nitrogens is 1. The van der Waals surface area contributed by atoms with Gasteiger partial charge in [-0.25, -0.2) is 19.3 Å². The van der Waals surface area contributed by atoms with Crippen molar-refractivity contribution in [3.8, 4) is 0 Å². The molecule has 1 atom stereocenters. The number of hydrogen-bond acceptors (Lipinski definition) is 8. The highest BCUT2D eigenvalue weighted by atomic mass is 19.1. The van der Waals surface area contributed by atoms with Crippen LogP contribution in [-0.2, 0) is 6.54 Å². The summed E-state index contributed by atoms with van der Waals surface area (Å²) in [7, 11) is 1.73. The molecule has 31 heavy (non-hydrogen) atoms. The van der Waals surface area contributed by atoms with E-state index in [2.05, 4.69) is 30.5 Å². The van der Waals surface area contributed by atoms with Gasteiger partial charge in [0.15, 0.2) is 12.2 Å². The molecule has 1 aromatic carbocycles. The maximum absolute atomic E-state index is 14.3. The molecule has 0 spiro atoms. The van der Waals surface area contributed by atoms with Crippen molar-refractivity contribution in [2.24, 2.45) is 5.73 Å². The van der Waals surface area contributed by atoms with E-state index >= 15 is 0 Å². The average Bonchev–Trinajstić information content (AvgIpc) is 3.50. The van der Waals surface area contributed by atoms with Crippen molar-refractivity contribution >= 4 is 39.3 Å². The minimum Gasteiger partial charge on any atom is -0.438 e. The lowest BCUT2D eigenvalue weighted by Crippen LogP contribution is -2.28. The maximum Gasteiger partial charge on any atom is 0.289 e. The van der Waals surface area contributed by atoms with Crippen LogP contribution in [0.25, 0.3) is 21.9 Å². The van der Waals surface area contributed by atoms with E-state index in [0.717, 1.165) is 23.9 Å². The van der Waals surface area contributed by atoms with Crippen molar-refractivity contribution in [2.45, 2.75) is 19.0 Å². The molecule has 11 heteroatoms. The first kappa shape index (κ1) is 19.2. The van der Waals surface area contributed by atoms with Gasteiger partial charge in [-0.2, -0.15) is 0 Å². The number of halogens is 1. The van der Waals surface area contributed by atoms with E-state index in [1.807, 2.05) is 0 Å². The Balaban J connectivity index is 1.61. The molecule has 1 fully saturated rings. The zero-order valence-electron chi connectivity index (χ0n) is 16.8. The van der Waals surface area contributed by atoms with Gasteiger partial charge in [0.25, 0.3) is 5.91 Å². The van der Waals surface area contributed by atoms with Crippen LogP contribution in [0.15, 0.2) is 29.1 Å². The Bertz CT molecular complexity index is 1270. The van der Waals surface area contributed by atoms with Crippen molar-refractivity contribution in [3.05, 3.63) is 42.1 Å². The normalized spacial score (nSPS) is 16.4.